The van der Waals surface area contributed by atoms with Crippen molar-refractivity contribution in [2.45, 2.75) is 69.9 Å². The maximum atomic E-state index is 14.4. The Kier molecular flexibility index (Phi) is 11.0. The second-order valence-electron chi connectivity index (χ2n) is 12.3. The zero-order valence-electron chi connectivity index (χ0n) is 26.8. The average Bonchev–Trinajstić information content (AvgIpc) is 3.00. The summed E-state index contributed by atoms with van der Waals surface area (Å²) in [5.74, 6) is -0.327. The number of aryl methyl sites for hydroxylation is 1. The number of hydrogen-bond acceptors (Lipinski definition) is 6. The molecule has 1 heterocycles. The third-order valence-electron chi connectivity index (χ3n) is 7.58. The quantitative estimate of drug-likeness (QED) is 0.223. The fourth-order valence-corrected chi connectivity index (χ4v) is 6.58. The van der Waals surface area contributed by atoms with Crippen LogP contribution in [0, 0.1) is 6.92 Å². The SMILES string of the molecule is Cc1ccc(S(=O)(=O)N(CCc2ccccc2)C(=NCCc2ccccc2)N2CCC[C@H](N(C)C(=O)OC(C)(C)C)C2=O)cc1. The van der Waals surface area contributed by atoms with Gasteiger partial charge in [0.1, 0.15) is 11.6 Å². The zero-order chi connectivity index (χ0) is 32.6. The van der Waals surface area contributed by atoms with Crippen molar-refractivity contribution < 1.29 is 22.7 Å². The van der Waals surface area contributed by atoms with E-state index < -0.39 is 33.7 Å². The van der Waals surface area contributed by atoms with Gasteiger partial charge in [-0.15, -0.1) is 0 Å². The monoisotopic (exact) mass is 632 g/mol. The molecule has 0 spiro atoms. The van der Waals surface area contributed by atoms with Crippen LogP contribution in [0.1, 0.15) is 50.3 Å². The molecule has 3 aromatic rings. The van der Waals surface area contributed by atoms with Crippen molar-refractivity contribution in [3.8, 4) is 0 Å². The molecule has 2 amide bonds. The van der Waals surface area contributed by atoms with Crippen molar-refractivity contribution >= 4 is 28.0 Å². The predicted molar refractivity (Wildman–Crippen MR) is 176 cm³/mol. The molecule has 240 valence electrons. The number of carbonyl (C=O) groups is 2. The molecule has 0 unspecified atom stereocenters. The third kappa shape index (κ3) is 8.94. The Morgan fingerprint density at radius 1 is 0.933 bits per heavy atom. The van der Waals surface area contributed by atoms with Crippen LogP contribution in [0.3, 0.4) is 0 Å². The molecule has 0 radical (unpaired) electrons. The molecule has 3 aromatic carbocycles. The fraction of sp³-hybridized carbons (Fsp3) is 0.400. The van der Waals surface area contributed by atoms with Crippen LogP contribution >= 0.6 is 0 Å². The number of rotatable bonds is 9. The van der Waals surface area contributed by atoms with Crippen molar-refractivity contribution in [1.82, 2.24) is 14.1 Å². The van der Waals surface area contributed by atoms with E-state index in [0.717, 1.165) is 16.7 Å². The first-order valence-electron chi connectivity index (χ1n) is 15.4. The van der Waals surface area contributed by atoms with Gasteiger partial charge in [0, 0.05) is 26.7 Å². The minimum Gasteiger partial charge on any atom is -0.444 e. The molecular formula is C35H44N4O5S. The first-order chi connectivity index (χ1) is 21.4. The van der Waals surface area contributed by atoms with Gasteiger partial charge in [-0.05, 0) is 76.6 Å². The number of nitrogens with zero attached hydrogens (tertiary/aromatic N) is 4. The maximum Gasteiger partial charge on any atom is 0.410 e. The standard InChI is InChI=1S/C35H44N4O5S/c1-27-18-20-30(21-19-27)45(42,43)39(26-23-29-15-10-7-11-16-29)33(36-24-22-28-13-8-6-9-14-28)38-25-12-17-31(32(38)40)37(5)34(41)44-35(2,3)4/h6-11,13-16,18-21,31H,12,17,22-26H2,1-5H3/t31-/m0/s1. The summed E-state index contributed by atoms with van der Waals surface area (Å²) < 4.78 is 35.6. The van der Waals surface area contributed by atoms with Crippen LogP contribution in [0.25, 0.3) is 0 Å². The number of hydrogen-bond donors (Lipinski definition) is 0. The van der Waals surface area contributed by atoms with E-state index in [1.807, 2.05) is 67.6 Å². The molecule has 45 heavy (non-hydrogen) atoms. The lowest BCUT2D eigenvalue weighted by atomic mass is 10.0. The largest absolute Gasteiger partial charge is 0.444 e. The third-order valence-corrected chi connectivity index (χ3v) is 9.37. The molecular weight excluding hydrogens is 588 g/mol. The van der Waals surface area contributed by atoms with Gasteiger partial charge in [-0.2, -0.15) is 0 Å². The number of benzene rings is 3. The highest BCUT2D eigenvalue weighted by molar-refractivity contribution is 7.89. The fourth-order valence-electron chi connectivity index (χ4n) is 5.14. The number of guanidine groups is 1. The second-order valence-corrected chi connectivity index (χ2v) is 14.1. The second kappa shape index (κ2) is 14.7. The van der Waals surface area contributed by atoms with E-state index in [2.05, 4.69) is 0 Å². The number of ether oxygens (including phenoxy) is 1. The van der Waals surface area contributed by atoms with Gasteiger partial charge in [-0.3, -0.25) is 19.6 Å². The lowest BCUT2D eigenvalue weighted by Crippen LogP contribution is -2.59. The van der Waals surface area contributed by atoms with E-state index in [1.165, 1.54) is 14.1 Å². The van der Waals surface area contributed by atoms with E-state index in [-0.39, 0.29) is 30.5 Å². The molecule has 1 fully saturated rings. The molecule has 1 aliphatic heterocycles. The number of likely N-dealkylation sites (tertiary alicyclic amines) is 1. The molecule has 4 rings (SSSR count). The first kappa shape index (κ1) is 33.7. The molecule has 1 saturated heterocycles. The van der Waals surface area contributed by atoms with E-state index in [0.29, 0.717) is 25.7 Å². The van der Waals surface area contributed by atoms with Crippen LogP contribution in [0.5, 0.6) is 0 Å². The summed E-state index contributed by atoms with van der Waals surface area (Å²) in [5, 5.41) is 0. The van der Waals surface area contributed by atoms with E-state index in [4.69, 9.17) is 9.73 Å². The van der Waals surface area contributed by atoms with Crippen LogP contribution < -0.4 is 0 Å². The van der Waals surface area contributed by atoms with Crippen molar-refractivity contribution in [2.24, 2.45) is 4.99 Å². The summed E-state index contributed by atoms with van der Waals surface area (Å²) >= 11 is 0. The van der Waals surface area contributed by atoms with Crippen molar-refractivity contribution in [2.75, 3.05) is 26.7 Å². The van der Waals surface area contributed by atoms with Crippen LogP contribution in [0.2, 0.25) is 0 Å². The van der Waals surface area contributed by atoms with Gasteiger partial charge >= 0.3 is 6.09 Å². The predicted octanol–water partition coefficient (Wildman–Crippen LogP) is 5.69. The molecule has 0 bridgehead atoms. The number of aliphatic imine (C=N–C) groups is 1. The lowest BCUT2D eigenvalue weighted by molar-refractivity contribution is -0.135. The average molecular weight is 633 g/mol. The molecule has 0 saturated carbocycles. The van der Waals surface area contributed by atoms with Gasteiger partial charge in [-0.25, -0.2) is 17.5 Å². The summed E-state index contributed by atoms with van der Waals surface area (Å²) in [7, 11) is -2.59. The number of amides is 2. The Labute approximate surface area is 267 Å². The zero-order valence-corrected chi connectivity index (χ0v) is 27.7. The van der Waals surface area contributed by atoms with Crippen LogP contribution in [-0.4, -0.2) is 78.8 Å². The Morgan fingerprint density at radius 3 is 2.09 bits per heavy atom. The number of piperidine rings is 1. The summed E-state index contributed by atoms with van der Waals surface area (Å²) in [6.07, 6.45) is 1.34. The molecule has 1 aliphatic rings. The van der Waals surface area contributed by atoms with Gasteiger partial charge < -0.3 is 4.74 Å². The lowest BCUT2D eigenvalue weighted by Gasteiger charge is -2.40. The van der Waals surface area contributed by atoms with Gasteiger partial charge in [0.05, 0.1) is 4.90 Å². The molecule has 0 aliphatic carbocycles. The highest BCUT2D eigenvalue weighted by Gasteiger charge is 2.41. The summed E-state index contributed by atoms with van der Waals surface area (Å²) in [4.78, 5) is 34.9. The molecule has 9 nitrogen and oxygen atoms in total. The van der Waals surface area contributed by atoms with Crippen LogP contribution in [0.4, 0.5) is 4.79 Å². The maximum absolute atomic E-state index is 14.4. The topological polar surface area (TPSA) is 99.6 Å². The first-order valence-corrected chi connectivity index (χ1v) is 16.8. The number of carbonyl (C=O) groups excluding carboxylic acids is 2. The molecule has 0 aromatic heterocycles. The summed E-state index contributed by atoms with van der Waals surface area (Å²) in [5.41, 5.74) is 2.20. The van der Waals surface area contributed by atoms with E-state index in [9.17, 15) is 18.0 Å². The van der Waals surface area contributed by atoms with Crippen molar-refractivity contribution in [3.63, 3.8) is 0 Å². The van der Waals surface area contributed by atoms with Gasteiger partial charge in [0.25, 0.3) is 15.9 Å². The molecule has 10 heteroatoms. The van der Waals surface area contributed by atoms with Gasteiger partial charge in [0.2, 0.25) is 5.96 Å². The highest BCUT2D eigenvalue weighted by atomic mass is 32.2. The van der Waals surface area contributed by atoms with Crippen molar-refractivity contribution in [3.05, 3.63) is 102 Å². The smallest absolute Gasteiger partial charge is 0.410 e. The minimum absolute atomic E-state index is 0.0646. The Balaban J connectivity index is 1.75. The Hall–Kier alpha value is -4.18. The highest BCUT2D eigenvalue weighted by Crippen LogP contribution is 2.25. The van der Waals surface area contributed by atoms with Gasteiger partial charge in [0.15, 0.2) is 0 Å². The summed E-state index contributed by atoms with van der Waals surface area (Å²) in [6, 6.07) is 25.3. The molecule has 0 N–H and O–H groups in total. The van der Waals surface area contributed by atoms with Gasteiger partial charge in [-0.1, -0.05) is 78.4 Å². The summed E-state index contributed by atoms with van der Waals surface area (Å²) in [6.45, 7) is 7.81. The van der Waals surface area contributed by atoms with Crippen LogP contribution in [-0.2, 0) is 32.4 Å². The Bertz CT molecular complexity index is 1570. The van der Waals surface area contributed by atoms with E-state index >= 15 is 0 Å². The number of sulfonamides is 1. The van der Waals surface area contributed by atoms with Crippen molar-refractivity contribution in [1.29, 1.82) is 0 Å². The Morgan fingerprint density at radius 2 is 1.51 bits per heavy atom. The number of likely N-dealkylation sites (N-methyl/N-ethyl adjacent to an activating group) is 1. The minimum atomic E-state index is -4.13. The van der Waals surface area contributed by atoms with E-state index in [1.54, 1.807) is 52.1 Å². The normalized spacial score (nSPS) is 15.9. The van der Waals surface area contributed by atoms with Crippen LogP contribution in [0.15, 0.2) is 94.8 Å². The molecule has 1 atom stereocenters.